The minimum atomic E-state index is -0.0185. The normalized spacial score (nSPS) is 10.9. The molecule has 0 aliphatic carbocycles. The number of benzene rings is 2. The maximum atomic E-state index is 12.0. The van der Waals surface area contributed by atoms with Gasteiger partial charge in [0.1, 0.15) is 5.82 Å². The average molecular weight is 307 g/mol. The molecule has 4 nitrogen and oxygen atoms in total. The molecule has 0 bridgehead atoms. The first-order valence-electron chi connectivity index (χ1n) is 7.90. The lowest BCUT2D eigenvalue weighted by Crippen LogP contribution is -2.24. The van der Waals surface area contributed by atoms with Gasteiger partial charge in [-0.15, -0.1) is 0 Å². The van der Waals surface area contributed by atoms with E-state index in [1.807, 2.05) is 56.4 Å². The number of hydrogen-bond acceptors (Lipinski definition) is 2. The van der Waals surface area contributed by atoms with Crippen molar-refractivity contribution in [3.8, 4) is 0 Å². The Morgan fingerprint density at radius 2 is 1.87 bits per heavy atom. The lowest BCUT2D eigenvalue weighted by Gasteiger charge is -2.06. The Bertz CT molecular complexity index is 818. The van der Waals surface area contributed by atoms with Crippen LogP contribution in [-0.4, -0.2) is 22.0 Å². The van der Waals surface area contributed by atoms with Gasteiger partial charge in [-0.3, -0.25) is 4.79 Å². The molecule has 0 saturated carbocycles. The SMILES string of the molecule is Cc1ccc(C(=O)NCCCc2nc3ccccc3n2C)cc1. The van der Waals surface area contributed by atoms with E-state index in [1.54, 1.807) is 0 Å². The summed E-state index contributed by atoms with van der Waals surface area (Å²) in [6.07, 6.45) is 1.72. The van der Waals surface area contributed by atoms with Gasteiger partial charge in [0.25, 0.3) is 5.91 Å². The van der Waals surface area contributed by atoms with Gasteiger partial charge in [-0.1, -0.05) is 29.8 Å². The lowest BCUT2D eigenvalue weighted by molar-refractivity contribution is 0.0953. The van der Waals surface area contributed by atoms with Crippen molar-refractivity contribution in [3.63, 3.8) is 0 Å². The van der Waals surface area contributed by atoms with Gasteiger partial charge in [0.15, 0.2) is 0 Å². The fourth-order valence-corrected chi connectivity index (χ4v) is 2.67. The quantitative estimate of drug-likeness (QED) is 0.736. The standard InChI is InChI=1S/C19H21N3O/c1-14-9-11-15(12-10-14)19(23)20-13-5-8-18-21-16-6-3-4-7-17(16)22(18)2/h3-4,6-7,9-12H,5,8,13H2,1-2H3,(H,20,23). The second kappa shape index (κ2) is 6.65. The highest BCUT2D eigenvalue weighted by Gasteiger charge is 2.08. The zero-order valence-electron chi connectivity index (χ0n) is 13.5. The summed E-state index contributed by atoms with van der Waals surface area (Å²) in [6, 6.07) is 15.7. The number of fused-ring (bicyclic) bond motifs is 1. The third kappa shape index (κ3) is 3.42. The van der Waals surface area contributed by atoms with Gasteiger partial charge in [0.05, 0.1) is 11.0 Å². The van der Waals surface area contributed by atoms with Crippen LogP contribution in [0.15, 0.2) is 48.5 Å². The van der Waals surface area contributed by atoms with Crippen molar-refractivity contribution in [2.75, 3.05) is 6.54 Å². The molecule has 0 aliphatic rings. The summed E-state index contributed by atoms with van der Waals surface area (Å²) in [5.74, 6) is 1.03. The second-order valence-electron chi connectivity index (χ2n) is 5.80. The molecule has 23 heavy (non-hydrogen) atoms. The van der Waals surface area contributed by atoms with Crippen molar-refractivity contribution in [2.45, 2.75) is 19.8 Å². The molecule has 1 amide bonds. The molecule has 3 aromatic rings. The van der Waals surface area contributed by atoms with Crippen molar-refractivity contribution in [2.24, 2.45) is 7.05 Å². The molecular weight excluding hydrogens is 286 g/mol. The van der Waals surface area contributed by atoms with Crippen molar-refractivity contribution in [3.05, 3.63) is 65.5 Å². The van der Waals surface area contributed by atoms with E-state index in [9.17, 15) is 4.79 Å². The van der Waals surface area contributed by atoms with E-state index in [0.717, 1.165) is 35.3 Å². The number of para-hydroxylation sites is 2. The monoisotopic (exact) mass is 307 g/mol. The van der Waals surface area contributed by atoms with Crippen molar-refractivity contribution >= 4 is 16.9 Å². The Morgan fingerprint density at radius 1 is 1.13 bits per heavy atom. The molecule has 0 radical (unpaired) electrons. The number of nitrogens with zero attached hydrogens (tertiary/aromatic N) is 2. The number of rotatable bonds is 5. The first-order chi connectivity index (χ1) is 11.1. The Kier molecular flexibility index (Phi) is 4.42. The largest absolute Gasteiger partial charge is 0.352 e. The van der Waals surface area contributed by atoms with Crippen LogP contribution in [0, 0.1) is 6.92 Å². The molecule has 1 heterocycles. The smallest absolute Gasteiger partial charge is 0.251 e. The van der Waals surface area contributed by atoms with Gasteiger partial charge in [0.2, 0.25) is 0 Å². The highest BCUT2D eigenvalue weighted by atomic mass is 16.1. The number of carbonyl (C=O) groups is 1. The van der Waals surface area contributed by atoms with E-state index in [2.05, 4.69) is 20.9 Å². The summed E-state index contributed by atoms with van der Waals surface area (Å²) in [4.78, 5) is 16.7. The van der Waals surface area contributed by atoms with Crippen molar-refractivity contribution in [1.82, 2.24) is 14.9 Å². The van der Waals surface area contributed by atoms with Crippen molar-refractivity contribution < 1.29 is 4.79 Å². The molecule has 0 saturated heterocycles. The average Bonchev–Trinajstić information content (AvgIpc) is 2.89. The molecule has 3 rings (SSSR count). The summed E-state index contributed by atoms with van der Waals surface area (Å²) in [5, 5.41) is 2.97. The van der Waals surface area contributed by atoms with Crippen LogP contribution < -0.4 is 5.32 Å². The summed E-state index contributed by atoms with van der Waals surface area (Å²) in [6.45, 7) is 2.66. The van der Waals surface area contributed by atoms with Crippen LogP contribution in [0.3, 0.4) is 0 Å². The summed E-state index contributed by atoms with van der Waals surface area (Å²) in [5.41, 5.74) is 4.03. The number of carbonyl (C=O) groups excluding carboxylic acids is 1. The van der Waals surface area contributed by atoms with Gasteiger partial charge < -0.3 is 9.88 Å². The van der Waals surface area contributed by atoms with Crippen LogP contribution in [0.1, 0.15) is 28.2 Å². The summed E-state index contributed by atoms with van der Waals surface area (Å²) < 4.78 is 2.12. The van der Waals surface area contributed by atoms with Gasteiger partial charge in [-0.2, -0.15) is 0 Å². The number of aryl methyl sites for hydroxylation is 3. The lowest BCUT2D eigenvalue weighted by atomic mass is 10.1. The third-order valence-electron chi connectivity index (χ3n) is 4.06. The number of aromatic nitrogens is 2. The Balaban J connectivity index is 1.54. The maximum absolute atomic E-state index is 12.0. The minimum Gasteiger partial charge on any atom is -0.352 e. The van der Waals surface area contributed by atoms with E-state index in [-0.39, 0.29) is 5.91 Å². The molecule has 1 aromatic heterocycles. The van der Waals surface area contributed by atoms with Crippen molar-refractivity contribution in [1.29, 1.82) is 0 Å². The number of nitrogens with one attached hydrogen (secondary N) is 1. The fraction of sp³-hybridized carbons (Fsp3) is 0.263. The number of amides is 1. The molecule has 0 spiro atoms. The van der Waals surface area contributed by atoms with Gasteiger partial charge in [-0.25, -0.2) is 4.98 Å². The zero-order valence-corrected chi connectivity index (χ0v) is 13.5. The molecule has 0 fully saturated rings. The molecule has 0 atom stereocenters. The van der Waals surface area contributed by atoms with Crippen LogP contribution >= 0.6 is 0 Å². The maximum Gasteiger partial charge on any atom is 0.251 e. The Morgan fingerprint density at radius 3 is 2.61 bits per heavy atom. The number of imidazole rings is 1. The van der Waals surface area contributed by atoms with E-state index >= 15 is 0 Å². The van der Waals surface area contributed by atoms with E-state index < -0.39 is 0 Å². The predicted octanol–water partition coefficient (Wildman–Crippen LogP) is 3.24. The second-order valence-corrected chi connectivity index (χ2v) is 5.80. The molecule has 1 N–H and O–H groups in total. The molecular formula is C19H21N3O. The van der Waals surface area contributed by atoms with Crippen LogP contribution in [-0.2, 0) is 13.5 Å². The van der Waals surface area contributed by atoms with Crippen LogP contribution in [0.25, 0.3) is 11.0 Å². The van der Waals surface area contributed by atoms with Gasteiger partial charge in [0, 0.05) is 25.6 Å². The highest BCUT2D eigenvalue weighted by molar-refractivity contribution is 5.94. The summed E-state index contributed by atoms with van der Waals surface area (Å²) in [7, 11) is 2.04. The number of hydrogen-bond donors (Lipinski definition) is 1. The molecule has 0 unspecified atom stereocenters. The molecule has 4 heteroatoms. The topological polar surface area (TPSA) is 46.9 Å². The van der Waals surface area contributed by atoms with E-state index in [4.69, 9.17) is 0 Å². The van der Waals surface area contributed by atoms with Gasteiger partial charge >= 0.3 is 0 Å². The first-order valence-corrected chi connectivity index (χ1v) is 7.90. The first kappa shape index (κ1) is 15.3. The van der Waals surface area contributed by atoms with Crippen LogP contribution in [0.4, 0.5) is 0 Å². The Labute approximate surface area is 136 Å². The van der Waals surface area contributed by atoms with E-state index in [0.29, 0.717) is 12.1 Å². The fourth-order valence-electron chi connectivity index (χ4n) is 2.67. The van der Waals surface area contributed by atoms with Gasteiger partial charge in [-0.05, 0) is 37.6 Å². The third-order valence-corrected chi connectivity index (χ3v) is 4.06. The minimum absolute atomic E-state index is 0.0185. The summed E-state index contributed by atoms with van der Waals surface area (Å²) >= 11 is 0. The molecule has 2 aromatic carbocycles. The zero-order chi connectivity index (χ0) is 16.2. The molecule has 0 aliphatic heterocycles. The van der Waals surface area contributed by atoms with Crippen LogP contribution in [0.2, 0.25) is 0 Å². The predicted molar refractivity (Wildman–Crippen MR) is 92.5 cm³/mol. The highest BCUT2D eigenvalue weighted by Crippen LogP contribution is 2.15. The Hall–Kier alpha value is -2.62. The van der Waals surface area contributed by atoms with E-state index in [1.165, 1.54) is 0 Å². The van der Waals surface area contributed by atoms with Crippen LogP contribution in [0.5, 0.6) is 0 Å². The molecule has 118 valence electrons.